The summed E-state index contributed by atoms with van der Waals surface area (Å²) in [4.78, 5) is 41.9. The molecule has 0 unspecified atom stereocenters. The van der Waals surface area contributed by atoms with Crippen LogP contribution < -0.4 is 10.1 Å². The molecule has 0 radical (unpaired) electrons. The molecule has 0 saturated carbocycles. The van der Waals surface area contributed by atoms with Gasteiger partial charge in [-0.1, -0.05) is 39.5 Å². The standard InChI is InChI=1S/C28H38N6O6/c1-8-10-11-14-40-27(37)29-23(28(3,4)5)25(35)33-17-19(16-21(33)26(36)39-7)24-30-32-34(31-24)20-12-13-22(38-6)18(9-2)15-20/h8-9,12-13,15,19,21,23H,1-2,10-11,14,16-17H2,3-7H3,(H,29,37)/t19-,21+,23-/m1/s1. The SMILES string of the molecule is C=CCCCOC(=O)N[C@H](C(=O)N1C[C@H](c2nnn(-c3ccc(OC)c(C=C)c3)n2)C[C@H]1C(=O)OC)C(C)(C)C. The van der Waals surface area contributed by atoms with E-state index in [-0.39, 0.29) is 25.5 Å². The molecule has 1 fully saturated rings. The first-order valence-electron chi connectivity index (χ1n) is 13.1. The number of unbranched alkanes of at least 4 members (excludes halogenated alkanes) is 1. The summed E-state index contributed by atoms with van der Waals surface area (Å²) in [6.45, 7) is 13.3. The number of carbonyl (C=O) groups excluding carboxylic acids is 3. The first kappa shape index (κ1) is 30.3. The van der Waals surface area contributed by atoms with Crippen LogP contribution in [0.25, 0.3) is 11.8 Å². The van der Waals surface area contributed by atoms with Crippen molar-refractivity contribution in [2.24, 2.45) is 5.41 Å². The summed E-state index contributed by atoms with van der Waals surface area (Å²) in [6, 6.07) is 3.55. The number of hydrogen-bond acceptors (Lipinski definition) is 9. The predicted molar refractivity (Wildman–Crippen MR) is 148 cm³/mol. The second-order valence-corrected chi connectivity index (χ2v) is 10.5. The van der Waals surface area contributed by atoms with Crippen LogP contribution in [0, 0.1) is 5.41 Å². The molecule has 12 nitrogen and oxygen atoms in total. The Kier molecular flexibility index (Phi) is 10.0. The number of aromatic nitrogens is 4. The van der Waals surface area contributed by atoms with Gasteiger partial charge in [-0.15, -0.1) is 21.6 Å². The van der Waals surface area contributed by atoms with Crippen LogP contribution in [0.5, 0.6) is 5.75 Å². The maximum atomic E-state index is 13.8. The molecule has 3 atom stereocenters. The summed E-state index contributed by atoms with van der Waals surface area (Å²) in [5.41, 5.74) is 0.741. The number of nitrogens with zero attached hydrogens (tertiary/aromatic N) is 5. The highest BCUT2D eigenvalue weighted by atomic mass is 16.5. The van der Waals surface area contributed by atoms with Crippen molar-refractivity contribution < 1.29 is 28.6 Å². The molecule has 2 heterocycles. The van der Waals surface area contributed by atoms with Crippen LogP contribution in [0.2, 0.25) is 0 Å². The van der Waals surface area contributed by atoms with Gasteiger partial charge < -0.3 is 24.4 Å². The molecule has 12 heteroatoms. The highest BCUT2D eigenvalue weighted by Gasteiger charge is 2.47. The molecule has 1 aromatic carbocycles. The van der Waals surface area contributed by atoms with Crippen LogP contribution in [0.1, 0.15) is 57.3 Å². The van der Waals surface area contributed by atoms with Gasteiger partial charge >= 0.3 is 12.1 Å². The molecule has 1 saturated heterocycles. The van der Waals surface area contributed by atoms with Crippen molar-refractivity contribution in [1.29, 1.82) is 0 Å². The van der Waals surface area contributed by atoms with E-state index in [2.05, 4.69) is 33.9 Å². The lowest BCUT2D eigenvalue weighted by atomic mass is 9.85. The zero-order valence-corrected chi connectivity index (χ0v) is 23.8. The fourth-order valence-electron chi connectivity index (χ4n) is 4.50. The number of alkyl carbamates (subject to hydrolysis) is 1. The average molecular weight is 555 g/mol. The minimum atomic E-state index is -0.953. The number of esters is 1. The summed E-state index contributed by atoms with van der Waals surface area (Å²) in [6.07, 6.45) is 4.28. The van der Waals surface area contributed by atoms with E-state index in [9.17, 15) is 14.4 Å². The lowest BCUT2D eigenvalue weighted by Crippen LogP contribution is -2.57. The van der Waals surface area contributed by atoms with Crippen LogP contribution in [0.15, 0.2) is 37.4 Å². The quantitative estimate of drug-likeness (QED) is 0.252. The maximum absolute atomic E-state index is 13.8. The molecule has 216 valence electrons. The van der Waals surface area contributed by atoms with Crippen LogP contribution in [-0.2, 0) is 19.1 Å². The third-order valence-corrected chi connectivity index (χ3v) is 6.68. The molecule has 0 aliphatic carbocycles. The molecule has 40 heavy (non-hydrogen) atoms. The molecule has 2 aromatic rings. The monoisotopic (exact) mass is 554 g/mol. The largest absolute Gasteiger partial charge is 0.496 e. The Morgan fingerprint density at radius 1 is 1.23 bits per heavy atom. The van der Waals surface area contributed by atoms with E-state index in [4.69, 9.17) is 14.2 Å². The van der Waals surface area contributed by atoms with Crippen LogP contribution in [0.4, 0.5) is 4.79 Å². The third-order valence-electron chi connectivity index (χ3n) is 6.68. The number of carbonyl (C=O) groups is 3. The number of tetrazole rings is 1. The zero-order valence-electron chi connectivity index (χ0n) is 23.8. The number of benzene rings is 1. The van der Waals surface area contributed by atoms with Gasteiger partial charge in [0.1, 0.15) is 17.8 Å². The van der Waals surface area contributed by atoms with Crippen molar-refractivity contribution >= 4 is 24.0 Å². The lowest BCUT2D eigenvalue weighted by molar-refractivity contribution is -0.152. The van der Waals surface area contributed by atoms with Crippen molar-refractivity contribution in [3.05, 3.63) is 48.8 Å². The Labute approximate surface area is 234 Å². The molecule has 1 N–H and O–H groups in total. The van der Waals surface area contributed by atoms with E-state index >= 15 is 0 Å². The minimum absolute atomic E-state index is 0.146. The number of methoxy groups -OCH3 is 2. The Bertz CT molecular complexity index is 1240. The first-order chi connectivity index (χ1) is 19.0. The fourth-order valence-corrected chi connectivity index (χ4v) is 4.50. The molecule has 3 rings (SSSR count). The van der Waals surface area contributed by atoms with Gasteiger partial charge in [0.05, 0.1) is 26.5 Å². The van der Waals surface area contributed by atoms with Gasteiger partial charge in [-0.3, -0.25) is 4.79 Å². The van der Waals surface area contributed by atoms with Gasteiger partial charge in [0, 0.05) is 18.0 Å². The van der Waals surface area contributed by atoms with E-state index in [1.807, 2.05) is 26.8 Å². The van der Waals surface area contributed by atoms with E-state index in [1.54, 1.807) is 31.4 Å². The van der Waals surface area contributed by atoms with Gasteiger partial charge in [0.15, 0.2) is 5.82 Å². The fraction of sp³-hybridized carbons (Fsp3) is 0.500. The van der Waals surface area contributed by atoms with E-state index < -0.39 is 35.5 Å². The number of amides is 2. The highest BCUT2D eigenvalue weighted by Crippen LogP contribution is 2.33. The topological polar surface area (TPSA) is 138 Å². The number of hydrogen-bond donors (Lipinski definition) is 1. The number of likely N-dealkylation sites (tertiary alicyclic amines) is 1. The van der Waals surface area contributed by atoms with Crippen molar-refractivity contribution in [2.75, 3.05) is 27.4 Å². The molecule has 1 aliphatic rings. The number of allylic oxidation sites excluding steroid dienone is 1. The summed E-state index contributed by atoms with van der Waals surface area (Å²) in [5.74, 6) is -0.333. The summed E-state index contributed by atoms with van der Waals surface area (Å²) in [5, 5.41) is 15.6. The Hall–Kier alpha value is -4.22. The number of nitrogens with one attached hydrogen (secondary N) is 1. The molecule has 2 amide bonds. The van der Waals surface area contributed by atoms with Gasteiger partial charge in [0.2, 0.25) is 5.91 Å². The van der Waals surface area contributed by atoms with Crippen molar-refractivity contribution in [2.45, 2.75) is 58.0 Å². The highest BCUT2D eigenvalue weighted by molar-refractivity contribution is 5.91. The minimum Gasteiger partial charge on any atom is -0.496 e. The first-order valence-corrected chi connectivity index (χ1v) is 13.1. The summed E-state index contributed by atoms with van der Waals surface area (Å²) >= 11 is 0. The second-order valence-electron chi connectivity index (χ2n) is 10.5. The van der Waals surface area contributed by atoms with Crippen molar-refractivity contribution in [3.8, 4) is 11.4 Å². The van der Waals surface area contributed by atoms with Crippen LogP contribution in [0.3, 0.4) is 0 Å². The molecule has 1 aromatic heterocycles. The van der Waals surface area contributed by atoms with Crippen molar-refractivity contribution in [1.82, 2.24) is 30.4 Å². The Morgan fingerprint density at radius 3 is 2.60 bits per heavy atom. The average Bonchev–Trinajstić information content (AvgIpc) is 3.60. The second kappa shape index (κ2) is 13.2. The molecule has 1 aliphatic heterocycles. The molecule has 0 spiro atoms. The van der Waals surface area contributed by atoms with Crippen LogP contribution in [-0.4, -0.2) is 82.5 Å². The van der Waals surface area contributed by atoms with Gasteiger partial charge in [-0.2, -0.15) is 0 Å². The predicted octanol–water partition coefficient (Wildman–Crippen LogP) is 3.28. The summed E-state index contributed by atoms with van der Waals surface area (Å²) < 4.78 is 15.6. The smallest absolute Gasteiger partial charge is 0.407 e. The molecular formula is C28H38N6O6. The van der Waals surface area contributed by atoms with E-state index in [0.717, 1.165) is 5.56 Å². The van der Waals surface area contributed by atoms with E-state index in [1.165, 1.54) is 16.8 Å². The Morgan fingerprint density at radius 2 is 1.98 bits per heavy atom. The lowest BCUT2D eigenvalue weighted by Gasteiger charge is -2.34. The normalized spacial score (nSPS) is 17.6. The zero-order chi connectivity index (χ0) is 29.4. The van der Waals surface area contributed by atoms with Gasteiger partial charge in [-0.25, -0.2) is 9.59 Å². The van der Waals surface area contributed by atoms with E-state index in [0.29, 0.717) is 30.1 Å². The Balaban J connectivity index is 1.82. The van der Waals surface area contributed by atoms with Gasteiger partial charge in [-0.05, 0) is 48.1 Å². The number of ether oxygens (including phenoxy) is 3. The number of rotatable bonds is 11. The maximum Gasteiger partial charge on any atom is 0.407 e. The van der Waals surface area contributed by atoms with Crippen molar-refractivity contribution in [3.63, 3.8) is 0 Å². The summed E-state index contributed by atoms with van der Waals surface area (Å²) in [7, 11) is 2.85. The molecular weight excluding hydrogens is 516 g/mol. The van der Waals surface area contributed by atoms with Crippen LogP contribution >= 0.6 is 0 Å². The molecule has 0 bridgehead atoms. The van der Waals surface area contributed by atoms with Gasteiger partial charge in [0.25, 0.3) is 0 Å². The third kappa shape index (κ3) is 7.04.